The maximum absolute atomic E-state index is 12.0. The van der Waals surface area contributed by atoms with E-state index in [2.05, 4.69) is 5.10 Å². The maximum Gasteiger partial charge on any atom is 0.322 e. The van der Waals surface area contributed by atoms with Crippen LogP contribution < -0.4 is 11.3 Å². The SMILES string of the molecule is Cc1cc2c(=O)n(CC(N)C(=O)O)ccn2n1. The lowest BCUT2D eigenvalue weighted by Gasteiger charge is -2.09. The van der Waals surface area contributed by atoms with Crippen molar-refractivity contribution in [2.24, 2.45) is 5.73 Å². The summed E-state index contributed by atoms with van der Waals surface area (Å²) in [4.78, 5) is 22.6. The Morgan fingerprint density at radius 1 is 1.59 bits per heavy atom. The smallest absolute Gasteiger partial charge is 0.322 e. The summed E-state index contributed by atoms with van der Waals surface area (Å²) in [6.07, 6.45) is 3.07. The second kappa shape index (κ2) is 4.02. The van der Waals surface area contributed by atoms with E-state index in [1.54, 1.807) is 19.2 Å². The van der Waals surface area contributed by atoms with Gasteiger partial charge in [-0.2, -0.15) is 5.10 Å². The molecular formula is C10H12N4O3. The Kier molecular flexibility index (Phi) is 2.68. The minimum Gasteiger partial charge on any atom is -0.480 e. The molecule has 0 aliphatic heterocycles. The molecular weight excluding hydrogens is 224 g/mol. The summed E-state index contributed by atoms with van der Waals surface area (Å²) < 4.78 is 2.73. The summed E-state index contributed by atoms with van der Waals surface area (Å²) in [6, 6.07) is 0.546. The van der Waals surface area contributed by atoms with Crippen LogP contribution in [0.1, 0.15) is 5.69 Å². The second-order valence-corrected chi connectivity index (χ2v) is 3.82. The number of carboxylic acid groups (broad SMARTS) is 1. The third kappa shape index (κ3) is 2.04. The number of nitrogens with zero attached hydrogens (tertiary/aromatic N) is 3. The van der Waals surface area contributed by atoms with Crippen molar-refractivity contribution in [1.82, 2.24) is 14.2 Å². The Labute approximate surface area is 96.1 Å². The van der Waals surface area contributed by atoms with Gasteiger partial charge in [0.15, 0.2) is 0 Å². The molecule has 90 valence electrons. The first-order valence-corrected chi connectivity index (χ1v) is 5.03. The summed E-state index contributed by atoms with van der Waals surface area (Å²) in [7, 11) is 0. The van der Waals surface area contributed by atoms with Gasteiger partial charge in [-0.1, -0.05) is 0 Å². The molecule has 2 aromatic heterocycles. The van der Waals surface area contributed by atoms with Crippen molar-refractivity contribution in [1.29, 1.82) is 0 Å². The molecule has 7 nitrogen and oxygen atoms in total. The molecule has 0 fully saturated rings. The van der Waals surface area contributed by atoms with E-state index in [1.807, 2.05) is 0 Å². The molecule has 0 amide bonds. The molecule has 2 heterocycles. The largest absolute Gasteiger partial charge is 0.480 e. The average molecular weight is 236 g/mol. The quantitative estimate of drug-likeness (QED) is 0.727. The van der Waals surface area contributed by atoms with Crippen molar-refractivity contribution in [3.8, 4) is 0 Å². The monoisotopic (exact) mass is 236 g/mol. The Balaban J connectivity index is 2.46. The lowest BCUT2D eigenvalue weighted by molar-refractivity contribution is -0.138. The van der Waals surface area contributed by atoms with Gasteiger partial charge in [-0.15, -0.1) is 0 Å². The minimum atomic E-state index is -1.14. The van der Waals surface area contributed by atoms with Crippen LogP contribution in [0.15, 0.2) is 23.3 Å². The Bertz CT molecular complexity index is 628. The predicted molar refractivity (Wildman–Crippen MR) is 59.8 cm³/mol. The summed E-state index contributed by atoms with van der Waals surface area (Å²) in [5.74, 6) is -1.14. The fourth-order valence-corrected chi connectivity index (χ4v) is 1.58. The average Bonchev–Trinajstić information content (AvgIpc) is 2.63. The Morgan fingerprint density at radius 3 is 2.94 bits per heavy atom. The van der Waals surface area contributed by atoms with Gasteiger partial charge in [0.2, 0.25) is 0 Å². The first-order chi connectivity index (χ1) is 7.99. The van der Waals surface area contributed by atoms with Gasteiger partial charge in [0.1, 0.15) is 11.6 Å². The zero-order valence-electron chi connectivity index (χ0n) is 9.20. The maximum atomic E-state index is 12.0. The molecule has 7 heteroatoms. The number of nitrogens with two attached hydrogens (primary N) is 1. The van der Waals surface area contributed by atoms with Gasteiger partial charge in [0.25, 0.3) is 5.56 Å². The number of aromatic nitrogens is 3. The van der Waals surface area contributed by atoms with Crippen LogP contribution in [-0.2, 0) is 11.3 Å². The van der Waals surface area contributed by atoms with Crippen LogP contribution in [0, 0.1) is 6.92 Å². The van der Waals surface area contributed by atoms with Crippen LogP contribution in [0.5, 0.6) is 0 Å². The van der Waals surface area contributed by atoms with Gasteiger partial charge in [-0.3, -0.25) is 9.59 Å². The third-order valence-electron chi connectivity index (χ3n) is 2.44. The van der Waals surface area contributed by atoms with Crippen molar-refractivity contribution < 1.29 is 9.90 Å². The van der Waals surface area contributed by atoms with E-state index in [1.165, 1.54) is 15.3 Å². The van der Waals surface area contributed by atoms with E-state index in [9.17, 15) is 9.59 Å². The Hall–Kier alpha value is -2.15. The molecule has 0 saturated carbocycles. The Morgan fingerprint density at radius 2 is 2.29 bits per heavy atom. The molecule has 1 unspecified atom stereocenters. The standard InChI is InChI=1S/C10H12N4O3/c1-6-4-8-9(15)13(2-3-14(8)12-6)5-7(11)10(16)17/h2-4,7H,5,11H2,1H3,(H,16,17). The lowest BCUT2D eigenvalue weighted by atomic mass is 10.3. The number of rotatable bonds is 3. The number of hydrogen-bond donors (Lipinski definition) is 2. The highest BCUT2D eigenvalue weighted by Gasteiger charge is 2.14. The molecule has 0 radical (unpaired) electrons. The highest BCUT2D eigenvalue weighted by atomic mass is 16.4. The molecule has 0 saturated heterocycles. The van der Waals surface area contributed by atoms with Gasteiger partial charge in [0.05, 0.1) is 12.2 Å². The van der Waals surface area contributed by atoms with Gasteiger partial charge >= 0.3 is 5.97 Å². The summed E-state index contributed by atoms with van der Waals surface area (Å²) in [6.45, 7) is 1.72. The highest BCUT2D eigenvalue weighted by Crippen LogP contribution is 2.00. The van der Waals surface area contributed by atoms with Crippen molar-refractivity contribution in [2.45, 2.75) is 19.5 Å². The van der Waals surface area contributed by atoms with Gasteiger partial charge in [-0.05, 0) is 13.0 Å². The van der Waals surface area contributed by atoms with Crippen molar-refractivity contribution in [2.75, 3.05) is 0 Å². The molecule has 0 bridgehead atoms. The number of aliphatic carboxylic acids is 1. The zero-order chi connectivity index (χ0) is 12.6. The van der Waals surface area contributed by atoms with Crippen molar-refractivity contribution >= 4 is 11.5 Å². The van der Waals surface area contributed by atoms with Crippen molar-refractivity contribution in [3.63, 3.8) is 0 Å². The summed E-state index contributed by atoms with van der Waals surface area (Å²) >= 11 is 0. The van der Waals surface area contributed by atoms with E-state index in [0.717, 1.165) is 5.69 Å². The fourth-order valence-electron chi connectivity index (χ4n) is 1.58. The van der Waals surface area contributed by atoms with Gasteiger partial charge in [0, 0.05) is 12.4 Å². The van der Waals surface area contributed by atoms with Crippen LogP contribution in [-0.4, -0.2) is 31.3 Å². The molecule has 3 N–H and O–H groups in total. The predicted octanol–water partition coefficient (Wildman–Crippen LogP) is -0.784. The molecule has 0 aliphatic carbocycles. The van der Waals surface area contributed by atoms with Crippen LogP contribution in [0.2, 0.25) is 0 Å². The second-order valence-electron chi connectivity index (χ2n) is 3.82. The summed E-state index contributed by atoms with van der Waals surface area (Å²) in [5, 5.41) is 12.8. The van der Waals surface area contributed by atoms with Crippen LogP contribution in [0.4, 0.5) is 0 Å². The normalized spacial score (nSPS) is 12.8. The molecule has 2 rings (SSSR count). The molecule has 1 atom stereocenters. The number of hydrogen-bond acceptors (Lipinski definition) is 4. The molecule has 0 spiro atoms. The molecule has 0 aliphatic rings. The highest BCUT2D eigenvalue weighted by molar-refractivity contribution is 5.72. The number of carboxylic acids is 1. The van der Waals surface area contributed by atoms with E-state index in [-0.39, 0.29) is 12.1 Å². The number of carbonyl (C=O) groups is 1. The van der Waals surface area contributed by atoms with Crippen LogP contribution in [0.25, 0.3) is 5.52 Å². The molecule has 0 aromatic carbocycles. The van der Waals surface area contributed by atoms with Crippen molar-refractivity contribution in [3.05, 3.63) is 34.5 Å². The first-order valence-electron chi connectivity index (χ1n) is 5.03. The lowest BCUT2D eigenvalue weighted by Crippen LogP contribution is -2.38. The molecule has 2 aromatic rings. The van der Waals surface area contributed by atoms with E-state index in [0.29, 0.717) is 5.52 Å². The third-order valence-corrected chi connectivity index (χ3v) is 2.44. The first kappa shape index (κ1) is 11.3. The van der Waals surface area contributed by atoms with Crippen LogP contribution >= 0.6 is 0 Å². The fraction of sp³-hybridized carbons (Fsp3) is 0.300. The minimum absolute atomic E-state index is 0.0606. The number of aryl methyl sites for hydroxylation is 1. The number of fused-ring (bicyclic) bond motifs is 1. The van der Waals surface area contributed by atoms with E-state index < -0.39 is 12.0 Å². The molecule has 17 heavy (non-hydrogen) atoms. The van der Waals surface area contributed by atoms with E-state index >= 15 is 0 Å². The van der Waals surface area contributed by atoms with Crippen LogP contribution in [0.3, 0.4) is 0 Å². The van der Waals surface area contributed by atoms with Gasteiger partial charge in [-0.25, -0.2) is 4.52 Å². The zero-order valence-corrected chi connectivity index (χ0v) is 9.20. The van der Waals surface area contributed by atoms with Gasteiger partial charge < -0.3 is 15.4 Å². The topological polar surface area (TPSA) is 103 Å². The summed E-state index contributed by atoms with van der Waals surface area (Å²) in [5.41, 5.74) is 6.21. The van der Waals surface area contributed by atoms with E-state index in [4.69, 9.17) is 10.8 Å².